The van der Waals surface area contributed by atoms with Gasteiger partial charge in [-0.05, 0) is 33.2 Å². The van der Waals surface area contributed by atoms with Crippen LogP contribution < -0.4 is 5.32 Å². The fourth-order valence-corrected chi connectivity index (χ4v) is 2.37. The van der Waals surface area contributed by atoms with Crippen LogP contribution in [-0.2, 0) is 14.3 Å². The number of piperidine rings is 1. The third-order valence-corrected chi connectivity index (χ3v) is 3.48. The SMILES string of the molecule is CCN(CCC(=O)OC)C(=O)[C@H]1CCN[C@@H](C)C1. The number of hydrogen-bond acceptors (Lipinski definition) is 4. The van der Waals surface area contributed by atoms with Crippen molar-refractivity contribution < 1.29 is 14.3 Å². The third-order valence-electron chi connectivity index (χ3n) is 3.48. The average Bonchev–Trinajstić information content (AvgIpc) is 2.38. The van der Waals surface area contributed by atoms with Crippen molar-refractivity contribution in [3.05, 3.63) is 0 Å². The van der Waals surface area contributed by atoms with Gasteiger partial charge in [0.1, 0.15) is 0 Å². The van der Waals surface area contributed by atoms with E-state index in [1.165, 1.54) is 7.11 Å². The van der Waals surface area contributed by atoms with Gasteiger partial charge in [0, 0.05) is 25.0 Å². The van der Waals surface area contributed by atoms with Gasteiger partial charge in [-0.1, -0.05) is 0 Å². The first-order valence-corrected chi connectivity index (χ1v) is 6.67. The molecule has 1 fully saturated rings. The summed E-state index contributed by atoms with van der Waals surface area (Å²) in [7, 11) is 1.37. The van der Waals surface area contributed by atoms with Crippen LogP contribution in [0.3, 0.4) is 0 Å². The van der Waals surface area contributed by atoms with Crippen LogP contribution in [0.5, 0.6) is 0 Å². The van der Waals surface area contributed by atoms with Gasteiger partial charge in [0.15, 0.2) is 0 Å². The minimum Gasteiger partial charge on any atom is -0.469 e. The Labute approximate surface area is 109 Å². The van der Waals surface area contributed by atoms with Gasteiger partial charge in [-0.2, -0.15) is 0 Å². The van der Waals surface area contributed by atoms with Gasteiger partial charge in [-0.15, -0.1) is 0 Å². The lowest BCUT2D eigenvalue weighted by molar-refractivity contribution is -0.142. The van der Waals surface area contributed by atoms with Gasteiger partial charge in [0.05, 0.1) is 13.5 Å². The molecule has 1 N–H and O–H groups in total. The molecule has 18 heavy (non-hydrogen) atoms. The van der Waals surface area contributed by atoms with Gasteiger partial charge in [-0.3, -0.25) is 9.59 Å². The summed E-state index contributed by atoms with van der Waals surface area (Å²) >= 11 is 0. The summed E-state index contributed by atoms with van der Waals surface area (Å²) in [5.74, 6) is 0.00790. The molecule has 1 aliphatic rings. The molecular weight excluding hydrogens is 232 g/mol. The molecule has 1 aliphatic heterocycles. The first kappa shape index (κ1) is 15.0. The predicted octanol–water partition coefficient (Wildman–Crippen LogP) is 0.786. The van der Waals surface area contributed by atoms with Crippen LogP contribution in [0.1, 0.15) is 33.1 Å². The van der Waals surface area contributed by atoms with Gasteiger partial charge >= 0.3 is 5.97 Å². The molecule has 0 unspecified atom stereocenters. The molecule has 1 saturated heterocycles. The number of nitrogens with zero attached hydrogens (tertiary/aromatic N) is 1. The lowest BCUT2D eigenvalue weighted by Crippen LogP contribution is -2.44. The van der Waals surface area contributed by atoms with E-state index in [2.05, 4.69) is 17.0 Å². The Balaban J connectivity index is 2.47. The first-order chi connectivity index (χ1) is 8.58. The Morgan fingerprint density at radius 2 is 2.17 bits per heavy atom. The van der Waals surface area contributed by atoms with Crippen LogP contribution >= 0.6 is 0 Å². The molecule has 1 heterocycles. The fourth-order valence-electron chi connectivity index (χ4n) is 2.37. The molecule has 1 amide bonds. The van der Waals surface area contributed by atoms with Gasteiger partial charge in [0.2, 0.25) is 5.91 Å². The summed E-state index contributed by atoms with van der Waals surface area (Å²) < 4.78 is 4.60. The van der Waals surface area contributed by atoms with E-state index in [4.69, 9.17) is 0 Å². The van der Waals surface area contributed by atoms with Crippen molar-refractivity contribution in [2.45, 2.75) is 39.2 Å². The van der Waals surface area contributed by atoms with Crippen molar-refractivity contribution in [2.75, 3.05) is 26.7 Å². The number of rotatable bonds is 5. The number of hydrogen-bond donors (Lipinski definition) is 1. The Morgan fingerprint density at radius 3 is 2.72 bits per heavy atom. The third kappa shape index (κ3) is 4.29. The maximum Gasteiger partial charge on any atom is 0.307 e. The van der Waals surface area contributed by atoms with E-state index in [9.17, 15) is 9.59 Å². The van der Waals surface area contributed by atoms with E-state index in [1.807, 2.05) is 6.92 Å². The summed E-state index contributed by atoms with van der Waals surface area (Å²) in [6, 6.07) is 0.395. The maximum absolute atomic E-state index is 12.3. The van der Waals surface area contributed by atoms with E-state index >= 15 is 0 Å². The molecule has 104 valence electrons. The molecule has 0 bridgehead atoms. The standard InChI is InChI=1S/C13H24N2O3/c1-4-15(8-6-12(16)18-3)13(17)11-5-7-14-10(2)9-11/h10-11,14H,4-9H2,1-3H3/t10-,11-/m0/s1. The average molecular weight is 256 g/mol. The lowest BCUT2D eigenvalue weighted by Gasteiger charge is -2.31. The fraction of sp³-hybridized carbons (Fsp3) is 0.846. The molecule has 5 heteroatoms. The molecule has 2 atom stereocenters. The van der Waals surface area contributed by atoms with Crippen molar-refractivity contribution >= 4 is 11.9 Å². The molecule has 0 aromatic rings. The van der Waals surface area contributed by atoms with Crippen LogP contribution in [-0.4, -0.2) is 49.6 Å². The van der Waals surface area contributed by atoms with E-state index in [0.717, 1.165) is 19.4 Å². The smallest absolute Gasteiger partial charge is 0.307 e. The summed E-state index contributed by atoms with van der Waals surface area (Å²) in [4.78, 5) is 25.2. The molecule has 0 radical (unpaired) electrons. The predicted molar refractivity (Wildman–Crippen MR) is 69.1 cm³/mol. The quantitative estimate of drug-likeness (QED) is 0.739. The van der Waals surface area contributed by atoms with Crippen molar-refractivity contribution in [3.8, 4) is 0 Å². The molecule has 5 nitrogen and oxygen atoms in total. The normalized spacial score (nSPS) is 23.5. The number of methoxy groups -OCH3 is 1. The molecule has 1 rings (SSSR count). The van der Waals surface area contributed by atoms with E-state index in [0.29, 0.717) is 19.1 Å². The number of amides is 1. The van der Waals surface area contributed by atoms with Crippen molar-refractivity contribution in [2.24, 2.45) is 5.92 Å². The second kappa shape index (κ2) is 7.36. The number of carbonyl (C=O) groups is 2. The Morgan fingerprint density at radius 1 is 1.44 bits per heavy atom. The van der Waals surface area contributed by atoms with Crippen molar-refractivity contribution in [1.29, 1.82) is 0 Å². The van der Waals surface area contributed by atoms with E-state index in [-0.39, 0.29) is 24.2 Å². The minimum atomic E-state index is -0.264. The summed E-state index contributed by atoms with van der Waals surface area (Å²) in [6.07, 6.45) is 2.04. The van der Waals surface area contributed by atoms with Crippen LogP contribution in [0.25, 0.3) is 0 Å². The lowest BCUT2D eigenvalue weighted by atomic mass is 9.92. The van der Waals surface area contributed by atoms with Gasteiger partial charge in [0.25, 0.3) is 0 Å². The monoisotopic (exact) mass is 256 g/mol. The molecule has 0 spiro atoms. The molecular formula is C13H24N2O3. The molecule has 0 saturated carbocycles. The number of nitrogens with one attached hydrogen (secondary N) is 1. The number of ether oxygens (including phenoxy) is 1. The highest BCUT2D eigenvalue weighted by molar-refractivity contribution is 5.79. The zero-order chi connectivity index (χ0) is 13.5. The molecule has 0 aliphatic carbocycles. The number of esters is 1. The van der Waals surface area contributed by atoms with Gasteiger partial charge < -0.3 is 15.0 Å². The Kier molecular flexibility index (Phi) is 6.12. The zero-order valence-electron chi connectivity index (χ0n) is 11.6. The van der Waals surface area contributed by atoms with Crippen LogP contribution in [0.2, 0.25) is 0 Å². The minimum absolute atomic E-state index is 0.0962. The number of carbonyl (C=O) groups excluding carboxylic acids is 2. The first-order valence-electron chi connectivity index (χ1n) is 6.67. The highest BCUT2D eigenvalue weighted by atomic mass is 16.5. The van der Waals surface area contributed by atoms with E-state index < -0.39 is 0 Å². The van der Waals surface area contributed by atoms with Crippen LogP contribution in [0.15, 0.2) is 0 Å². The zero-order valence-corrected chi connectivity index (χ0v) is 11.6. The van der Waals surface area contributed by atoms with E-state index in [1.54, 1.807) is 4.90 Å². The van der Waals surface area contributed by atoms with Crippen LogP contribution in [0, 0.1) is 5.92 Å². The molecule has 0 aromatic carbocycles. The van der Waals surface area contributed by atoms with Crippen LogP contribution in [0.4, 0.5) is 0 Å². The van der Waals surface area contributed by atoms with Crippen molar-refractivity contribution in [3.63, 3.8) is 0 Å². The highest BCUT2D eigenvalue weighted by Gasteiger charge is 2.28. The summed E-state index contributed by atoms with van der Waals surface area (Å²) in [5, 5.41) is 3.34. The second-order valence-corrected chi connectivity index (χ2v) is 4.82. The highest BCUT2D eigenvalue weighted by Crippen LogP contribution is 2.18. The Hall–Kier alpha value is -1.10. The summed E-state index contributed by atoms with van der Waals surface area (Å²) in [6.45, 7) is 6.05. The second-order valence-electron chi connectivity index (χ2n) is 4.82. The topological polar surface area (TPSA) is 58.6 Å². The maximum atomic E-state index is 12.3. The molecule has 0 aromatic heterocycles. The van der Waals surface area contributed by atoms with Crippen molar-refractivity contribution in [1.82, 2.24) is 10.2 Å². The Bertz CT molecular complexity index is 294. The van der Waals surface area contributed by atoms with Gasteiger partial charge in [-0.25, -0.2) is 0 Å². The summed E-state index contributed by atoms with van der Waals surface area (Å²) in [5.41, 5.74) is 0. The largest absolute Gasteiger partial charge is 0.469 e.